The first-order chi connectivity index (χ1) is 7.15. The molecule has 2 nitrogen and oxygen atoms in total. The zero-order chi connectivity index (χ0) is 11.3. The molecule has 0 aliphatic heterocycles. The van der Waals surface area contributed by atoms with Crippen LogP contribution in [0.1, 0.15) is 23.7 Å². The normalized spacial score (nSPS) is 10.3. The van der Waals surface area contributed by atoms with Crippen molar-refractivity contribution >= 4 is 17.4 Å². The van der Waals surface area contributed by atoms with Gasteiger partial charge in [0.25, 0.3) is 0 Å². The fraction of sp³-hybridized carbons (Fsp3) is 0.364. The number of ketones is 1. The first-order valence-corrected chi connectivity index (χ1v) is 5.09. The molecular formula is C11H12ClFO2. The summed E-state index contributed by atoms with van der Waals surface area (Å²) < 4.78 is 17.7. The van der Waals surface area contributed by atoms with Gasteiger partial charge in [-0.15, -0.1) is 0 Å². The molecule has 0 aliphatic rings. The molecule has 1 rings (SSSR count). The van der Waals surface area contributed by atoms with E-state index in [1.165, 1.54) is 12.1 Å². The van der Waals surface area contributed by atoms with Gasteiger partial charge in [0.15, 0.2) is 5.78 Å². The summed E-state index contributed by atoms with van der Waals surface area (Å²) in [7, 11) is 0. The molecule has 1 aromatic rings. The van der Waals surface area contributed by atoms with Crippen molar-refractivity contribution < 1.29 is 13.9 Å². The fourth-order valence-corrected chi connectivity index (χ4v) is 1.43. The minimum absolute atomic E-state index is 0.131. The highest BCUT2D eigenvalue weighted by atomic mass is 35.5. The Kier molecular flexibility index (Phi) is 4.72. The molecule has 0 aliphatic carbocycles. The molecule has 0 amide bonds. The van der Waals surface area contributed by atoms with Crippen molar-refractivity contribution in [3.8, 4) is 0 Å². The Morgan fingerprint density at radius 3 is 2.87 bits per heavy atom. The van der Waals surface area contributed by atoms with Crippen molar-refractivity contribution in [2.45, 2.75) is 13.3 Å². The first kappa shape index (κ1) is 12.1. The lowest BCUT2D eigenvalue weighted by Gasteiger charge is -2.03. The number of Topliss-reactive ketones (excluding diaryl/α,β-unsaturated/α-hetero) is 1. The van der Waals surface area contributed by atoms with Crippen LogP contribution in [0.15, 0.2) is 18.2 Å². The van der Waals surface area contributed by atoms with Crippen LogP contribution in [-0.2, 0) is 4.74 Å². The lowest BCUT2D eigenvalue weighted by molar-refractivity contribution is 0.0896. The maximum atomic E-state index is 12.7. The monoisotopic (exact) mass is 230 g/mol. The lowest BCUT2D eigenvalue weighted by atomic mass is 10.1. The summed E-state index contributed by atoms with van der Waals surface area (Å²) in [6.07, 6.45) is 0.263. The molecular weight excluding hydrogens is 219 g/mol. The maximum absolute atomic E-state index is 12.7. The van der Waals surface area contributed by atoms with E-state index in [1.807, 2.05) is 6.92 Å². The van der Waals surface area contributed by atoms with E-state index in [9.17, 15) is 9.18 Å². The van der Waals surface area contributed by atoms with Crippen LogP contribution in [0.3, 0.4) is 0 Å². The third-order valence-electron chi connectivity index (χ3n) is 1.91. The van der Waals surface area contributed by atoms with Gasteiger partial charge in [-0.25, -0.2) is 4.39 Å². The second-order valence-electron chi connectivity index (χ2n) is 2.99. The summed E-state index contributed by atoms with van der Waals surface area (Å²) in [6.45, 7) is 2.79. The van der Waals surface area contributed by atoms with Gasteiger partial charge in [-0.1, -0.05) is 11.6 Å². The van der Waals surface area contributed by atoms with E-state index in [4.69, 9.17) is 16.3 Å². The lowest BCUT2D eigenvalue weighted by Crippen LogP contribution is -2.05. The predicted molar refractivity (Wildman–Crippen MR) is 56.9 cm³/mol. The number of halogens is 2. The van der Waals surface area contributed by atoms with Gasteiger partial charge in [0, 0.05) is 18.6 Å². The molecule has 0 aromatic heterocycles. The van der Waals surface area contributed by atoms with E-state index in [0.29, 0.717) is 18.8 Å². The highest BCUT2D eigenvalue weighted by molar-refractivity contribution is 6.33. The highest BCUT2D eigenvalue weighted by Gasteiger charge is 2.10. The molecule has 0 saturated carbocycles. The molecule has 0 heterocycles. The van der Waals surface area contributed by atoms with Gasteiger partial charge >= 0.3 is 0 Å². The zero-order valence-corrected chi connectivity index (χ0v) is 9.18. The number of carbonyl (C=O) groups is 1. The summed E-state index contributed by atoms with van der Waals surface area (Å²) in [5, 5.41) is 0.150. The summed E-state index contributed by atoms with van der Waals surface area (Å²) in [5.41, 5.74) is 0.345. The summed E-state index contributed by atoms with van der Waals surface area (Å²) >= 11 is 5.74. The molecule has 1 aromatic carbocycles. The Bertz CT molecular complexity index is 352. The first-order valence-electron chi connectivity index (χ1n) is 4.71. The van der Waals surface area contributed by atoms with E-state index < -0.39 is 5.82 Å². The molecule has 0 fully saturated rings. The smallest absolute Gasteiger partial charge is 0.166 e. The second-order valence-corrected chi connectivity index (χ2v) is 3.40. The highest BCUT2D eigenvalue weighted by Crippen LogP contribution is 2.18. The zero-order valence-electron chi connectivity index (χ0n) is 8.43. The number of ether oxygens (including phenoxy) is 1. The molecule has 4 heteroatoms. The van der Waals surface area contributed by atoms with Crippen molar-refractivity contribution in [2.24, 2.45) is 0 Å². The van der Waals surface area contributed by atoms with Crippen LogP contribution in [0.4, 0.5) is 4.39 Å². The Labute approximate surface area is 93.0 Å². The summed E-state index contributed by atoms with van der Waals surface area (Å²) in [4.78, 5) is 11.6. The molecule has 0 atom stereocenters. The van der Waals surface area contributed by atoms with Crippen molar-refractivity contribution in [1.82, 2.24) is 0 Å². The standard InChI is InChI=1S/C11H12ClFO2/c1-2-15-6-5-11(14)9-4-3-8(13)7-10(9)12/h3-4,7H,2,5-6H2,1H3. The van der Waals surface area contributed by atoms with Crippen LogP contribution in [0.2, 0.25) is 5.02 Å². The quantitative estimate of drug-likeness (QED) is 0.574. The Morgan fingerprint density at radius 1 is 1.53 bits per heavy atom. The van der Waals surface area contributed by atoms with Crippen LogP contribution in [-0.4, -0.2) is 19.0 Å². The van der Waals surface area contributed by atoms with Crippen LogP contribution >= 0.6 is 11.6 Å². The molecule has 0 unspecified atom stereocenters. The summed E-state index contributed by atoms with van der Waals surface area (Å²) in [5.74, 6) is -0.574. The average Bonchev–Trinajstić information content (AvgIpc) is 2.17. The number of benzene rings is 1. The third kappa shape index (κ3) is 3.61. The molecule has 0 saturated heterocycles. The minimum atomic E-state index is -0.443. The predicted octanol–water partition coefficient (Wildman–Crippen LogP) is 3.09. The van der Waals surface area contributed by atoms with Crippen molar-refractivity contribution in [3.05, 3.63) is 34.6 Å². The maximum Gasteiger partial charge on any atom is 0.166 e. The van der Waals surface area contributed by atoms with Gasteiger partial charge in [-0.05, 0) is 25.1 Å². The second kappa shape index (κ2) is 5.83. The number of rotatable bonds is 5. The van der Waals surface area contributed by atoms with Crippen molar-refractivity contribution in [2.75, 3.05) is 13.2 Å². The van der Waals surface area contributed by atoms with Gasteiger partial charge in [0.1, 0.15) is 5.82 Å². The number of carbonyl (C=O) groups excluding carboxylic acids is 1. The topological polar surface area (TPSA) is 26.3 Å². The van der Waals surface area contributed by atoms with E-state index >= 15 is 0 Å². The van der Waals surface area contributed by atoms with E-state index in [1.54, 1.807) is 0 Å². The molecule has 82 valence electrons. The van der Waals surface area contributed by atoms with Crippen LogP contribution < -0.4 is 0 Å². The largest absolute Gasteiger partial charge is 0.381 e. The minimum Gasteiger partial charge on any atom is -0.381 e. The van der Waals surface area contributed by atoms with Gasteiger partial charge in [-0.3, -0.25) is 4.79 Å². The number of hydrogen-bond acceptors (Lipinski definition) is 2. The Hall–Kier alpha value is -0.930. The van der Waals surface area contributed by atoms with Gasteiger partial charge in [0.05, 0.1) is 11.6 Å². The Morgan fingerprint density at radius 2 is 2.27 bits per heavy atom. The molecule has 0 spiro atoms. The van der Waals surface area contributed by atoms with Crippen molar-refractivity contribution in [1.29, 1.82) is 0 Å². The third-order valence-corrected chi connectivity index (χ3v) is 2.22. The molecule has 0 bridgehead atoms. The van der Waals surface area contributed by atoms with Gasteiger partial charge in [0.2, 0.25) is 0 Å². The van der Waals surface area contributed by atoms with Crippen LogP contribution in [0.5, 0.6) is 0 Å². The van der Waals surface area contributed by atoms with E-state index in [-0.39, 0.29) is 17.2 Å². The molecule has 0 radical (unpaired) electrons. The fourth-order valence-electron chi connectivity index (χ4n) is 1.16. The van der Waals surface area contributed by atoms with Crippen molar-refractivity contribution in [3.63, 3.8) is 0 Å². The van der Waals surface area contributed by atoms with E-state index in [2.05, 4.69) is 0 Å². The Balaban J connectivity index is 2.65. The van der Waals surface area contributed by atoms with Crippen LogP contribution in [0, 0.1) is 5.82 Å². The summed E-state index contributed by atoms with van der Waals surface area (Å²) in [6, 6.07) is 3.75. The van der Waals surface area contributed by atoms with Gasteiger partial charge in [-0.2, -0.15) is 0 Å². The van der Waals surface area contributed by atoms with Gasteiger partial charge < -0.3 is 4.74 Å². The molecule has 0 N–H and O–H groups in total. The van der Waals surface area contributed by atoms with Crippen LogP contribution in [0.25, 0.3) is 0 Å². The SMILES string of the molecule is CCOCCC(=O)c1ccc(F)cc1Cl. The average molecular weight is 231 g/mol. The number of hydrogen-bond donors (Lipinski definition) is 0. The van der Waals surface area contributed by atoms with E-state index in [0.717, 1.165) is 6.07 Å². The molecule has 15 heavy (non-hydrogen) atoms.